The molecule has 0 spiro atoms. The van der Waals surface area contributed by atoms with Crippen LogP contribution in [0, 0.1) is 0 Å². The van der Waals surface area contributed by atoms with Gasteiger partial charge < -0.3 is 15.0 Å². The van der Waals surface area contributed by atoms with Gasteiger partial charge in [0.05, 0.1) is 12.6 Å². The quantitative estimate of drug-likeness (QED) is 0.746. The maximum atomic E-state index is 11.5. The van der Waals surface area contributed by atoms with E-state index in [0.29, 0.717) is 12.6 Å². The third-order valence-corrected chi connectivity index (χ3v) is 4.12. The number of nitrogens with one attached hydrogen (secondary N) is 1. The first-order valence-electron chi connectivity index (χ1n) is 6.92. The van der Waals surface area contributed by atoms with Gasteiger partial charge >= 0.3 is 0 Å². The standard InChI is InChI=1S/C13H25N3O2/c1-14-13(17)10-16-9-12(18-2)7-11(16)8-15-5-3-4-6-15/h11-12H,3-10H2,1-2H3,(H,14,17)/t11-,12-/m0/s1. The number of likely N-dealkylation sites (N-methyl/N-ethyl adjacent to an activating group) is 1. The highest BCUT2D eigenvalue weighted by Gasteiger charge is 2.34. The maximum absolute atomic E-state index is 11.5. The van der Waals surface area contributed by atoms with E-state index >= 15 is 0 Å². The molecule has 2 aliphatic rings. The number of likely N-dealkylation sites (tertiary alicyclic amines) is 2. The van der Waals surface area contributed by atoms with E-state index in [9.17, 15) is 4.79 Å². The van der Waals surface area contributed by atoms with Crippen molar-refractivity contribution < 1.29 is 9.53 Å². The molecule has 0 aromatic heterocycles. The van der Waals surface area contributed by atoms with E-state index in [4.69, 9.17) is 4.74 Å². The van der Waals surface area contributed by atoms with Gasteiger partial charge in [-0.1, -0.05) is 0 Å². The molecule has 0 unspecified atom stereocenters. The van der Waals surface area contributed by atoms with Crippen molar-refractivity contribution in [2.75, 3.05) is 46.9 Å². The van der Waals surface area contributed by atoms with Crippen LogP contribution < -0.4 is 5.32 Å². The normalized spacial score (nSPS) is 29.9. The zero-order chi connectivity index (χ0) is 13.0. The van der Waals surface area contributed by atoms with Gasteiger partial charge in [0.1, 0.15) is 0 Å². The lowest BCUT2D eigenvalue weighted by molar-refractivity contribution is -0.122. The number of rotatable bonds is 5. The van der Waals surface area contributed by atoms with E-state index in [1.54, 1.807) is 14.2 Å². The summed E-state index contributed by atoms with van der Waals surface area (Å²) in [5, 5.41) is 2.70. The lowest BCUT2D eigenvalue weighted by Gasteiger charge is -2.27. The first-order chi connectivity index (χ1) is 8.72. The van der Waals surface area contributed by atoms with Gasteiger partial charge in [0.2, 0.25) is 5.91 Å². The van der Waals surface area contributed by atoms with E-state index in [-0.39, 0.29) is 12.0 Å². The minimum atomic E-state index is 0.0955. The molecule has 0 radical (unpaired) electrons. The summed E-state index contributed by atoms with van der Waals surface area (Å²) in [5.41, 5.74) is 0. The third-order valence-electron chi connectivity index (χ3n) is 4.12. The fourth-order valence-electron chi connectivity index (χ4n) is 3.02. The number of nitrogens with zero attached hydrogens (tertiary/aromatic N) is 2. The van der Waals surface area contributed by atoms with Crippen molar-refractivity contribution in [1.29, 1.82) is 0 Å². The van der Waals surface area contributed by atoms with Crippen molar-refractivity contribution in [1.82, 2.24) is 15.1 Å². The predicted octanol–water partition coefficient (Wildman–Crippen LogP) is -0.0825. The van der Waals surface area contributed by atoms with Gasteiger partial charge in [-0.05, 0) is 32.4 Å². The van der Waals surface area contributed by atoms with Crippen LogP contribution in [0.4, 0.5) is 0 Å². The van der Waals surface area contributed by atoms with Crippen molar-refractivity contribution in [2.45, 2.75) is 31.4 Å². The summed E-state index contributed by atoms with van der Waals surface area (Å²) >= 11 is 0. The second-order valence-corrected chi connectivity index (χ2v) is 5.36. The smallest absolute Gasteiger partial charge is 0.233 e. The van der Waals surface area contributed by atoms with Crippen LogP contribution in [0.5, 0.6) is 0 Å². The molecule has 18 heavy (non-hydrogen) atoms. The maximum Gasteiger partial charge on any atom is 0.233 e. The Morgan fingerprint density at radius 1 is 1.39 bits per heavy atom. The number of methoxy groups -OCH3 is 1. The molecular weight excluding hydrogens is 230 g/mol. The topological polar surface area (TPSA) is 44.8 Å². The van der Waals surface area contributed by atoms with Crippen LogP contribution in [0.1, 0.15) is 19.3 Å². The Bertz CT molecular complexity index is 279. The minimum Gasteiger partial charge on any atom is -0.380 e. The van der Waals surface area contributed by atoms with Gasteiger partial charge in [-0.15, -0.1) is 0 Å². The minimum absolute atomic E-state index is 0.0955. The monoisotopic (exact) mass is 255 g/mol. The summed E-state index contributed by atoms with van der Waals surface area (Å²) in [6.07, 6.45) is 3.96. The van der Waals surface area contributed by atoms with Crippen molar-refractivity contribution in [3.8, 4) is 0 Å². The summed E-state index contributed by atoms with van der Waals surface area (Å²) in [4.78, 5) is 16.3. The summed E-state index contributed by atoms with van der Waals surface area (Å²) < 4.78 is 5.46. The van der Waals surface area contributed by atoms with Gasteiger partial charge in [0.25, 0.3) is 0 Å². The molecule has 2 heterocycles. The molecule has 2 fully saturated rings. The molecule has 0 saturated carbocycles. The largest absolute Gasteiger partial charge is 0.380 e. The van der Waals surface area contributed by atoms with Gasteiger partial charge in [0.15, 0.2) is 0 Å². The summed E-state index contributed by atoms with van der Waals surface area (Å²) in [5.74, 6) is 0.0955. The SMILES string of the molecule is CNC(=O)CN1C[C@@H](OC)C[C@H]1CN1CCCC1. The number of hydrogen-bond donors (Lipinski definition) is 1. The molecule has 0 aliphatic carbocycles. The van der Waals surface area contributed by atoms with Gasteiger partial charge in [0, 0.05) is 33.3 Å². The molecular formula is C13H25N3O2. The van der Waals surface area contributed by atoms with E-state index < -0.39 is 0 Å². The van der Waals surface area contributed by atoms with Crippen LogP contribution >= 0.6 is 0 Å². The Morgan fingerprint density at radius 3 is 2.72 bits per heavy atom. The number of ether oxygens (including phenoxy) is 1. The van der Waals surface area contributed by atoms with Gasteiger partial charge in [-0.25, -0.2) is 0 Å². The van der Waals surface area contributed by atoms with Crippen LogP contribution in [-0.2, 0) is 9.53 Å². The van der Waals surface area contributed by atoms with Crippen molar-refractivity contribution >= 4 is 5.91 Å². The average Bonchev–Trinajstić information content (AvgIpc) is 3.00. The van der Waals surface area contributed by atoms with Crippen LogP contribution in [0.15, 0.2) is 0 Å². The molecule has 0 aromatic carbocycles. The Kier molecular flexibility index (Phi) is 4.97. The molecule has 5 heteroatoms. The van der Waals surface area contributed by atoms with E-state index in [1.165, 1.54) is 25.9 Å². The zero-order valence-electron chi connectivity index (χ0n) is 11.5. The second-order valence-electron chi connectivity index (χ2n) is 5.36. The predicted molar refractivity (Wildman–Crippen MR) is 70.5 cm³/mol. The fourth-order valence-corrected chi connectivity index (χ4v) is 3.02. The molecule has 104 valence electrons. The fraction of sp³-hybridized carbons (Fsp3) is 0.923. The first-order valence-corrected chi connectivity index (χ1v) is 6.92. The highest BCUT2D eigenvalue weighted by molar-refractivity contribution is 5.77. The molecule has 2 saturated heterocycles. The molecule has 2 rings (SSSR count). The number of hydrogen-bond acceptors (Lipinski definition) is 4. The molecule has 0 aromatic rings. The second kappa shape index (κ2) is 6.50. The molecule has 0 bridgehead atoms. The summed E-state index contributed by atoms with van der Waals surface area (Å²) in [6, 6.07) is 0.463. The van der Waals surface area contributed by atoms with E-state index in [0.717, 1.165) is 19.5 Å². The lowest BCUT2D eigenvalue weighted by atomic mass is 10.2. The highest BCUT2D eigenvalue weighted by atomic mass is 16.5. The Morgan fingerprint density at radius 2 is 2.11 bits per heavy atom. The Balaban J connectivity index is 1.89. The third kappa shape index (κ3) is 3.43. The van der Waals surface area contributed by atoms with Crippen molar-refractivity contribution in [3.05, 3.63) is 0 Å². The van der Waals surface area contributed by atoms with E-state index in [2.05, 4.69) is 15.1 Å². The molecule has 2 aliphatic heterocycles. The molecule has 2 atom stereocenters. The lowest BCUT2D eigenvalue weighted by Crippen LogP contribution is -2.43. The van der Waals surface area contributed by atoms with Crippen LogP contribution in [0.25, 0.3) is 0 Å². The van der Waals surface area contributed by atoms with Crippen LogP contribution in [-0.4, -0.2) is 74.7 Å². The van der Waals surface area contributed by atoms with Crippen LogP contribution in [0.3, 0.4) is 0 Å². The average molecular weight is 255 g/mol. The molecule has 1 N–H and O–H groups in total. The van der Waals surface area contributed by atoms with Gasteiger partial charge in [-0.3, -0.25) is 9.69 Å². The zero-order valence-corrected chi connectivity index (χ0v) is 11.5. The highest BCUT2D eigenvalue weighted by Crippen LogP contribution is 2.22. The number of amides is 1. The summed E-state index contributed by atoms with van der Waals surface area (Å²) in [6.45, 7) is 4.87. The number of carbonyl (C=O) groups is 1. The summed E-state index contributed by atoms with van der Waals surface area (Å²) in [7, 11) is 3.46. The molecule has 5 nitrogen and oxygen atoms in total. The molecule has 1 amide bonds. The Hall–Kier alpha value is -0.650. The number of carbonyl (C=O) groups excluding carboxylic acids is 1. The van der Waals surface area contributed by atoms with Crippen LogP contribution in [0.2, 0.25) is 0 Å². The van der Waals surface area contributed by atoms with E-state index in [1.807, 2.05) is 0 Å². The van der Waals surface area contributed by atoms with Crippen molar-refractivity contribution in [2.24, 2.45) is 0 Å². The van der Waals surface area contributed by atoms with Gasteiger partial charge in [-0.2, -0.15) is 0 Å². The first kappa shape index (κ1) is 13.8. The Labute approximate surface area is 109 Å². The van der Waals surface area contributed by atoms with Crippen molar-refractivity contribution in [3.63, 3.8) is 0 Å².